The van der Waals surface area contributed by atoms with E-state index in [1.165, 1.54) is 0 Å². The summed E-state index contributed by atoms with van der Waals surface area (Å²) < 4.78 is 5.34. The Morgan fingerprint density at radius 3 is 2.91 bits per heavy atom. The normalized spacial score (nSPS) is 18.5. The summed E-state index contributed by atoms with van der Waals surface area (Å²) in [5, 5.41) is 3.99. The van der Waals surface area contributed by atoms with Gasteiger partial charge in [-0.15, -0.1) is 11.8 Å². The molecule has 1 unspecified atom stereocenters. The van der Waals surface area contributed by atoms with E-state index in [1.54, 1.807) is 11.8 Å². The highest BCUT2D eigenvalue weighted by Crippen LogP contribution is 2.32. The van der Waals surface area contributed by atoms with E-state index in [0.717, 1.165) is 10.6 Å². The van der Waals surface area contributed by atoms with Gasteiger partial charge in [-0.3, -0.25) is 4.79 Å². The third kappa shape index (κ3) is 2.88. The number of amides is 1. The fraction of sp³-hybridized carbons (Fsp3) is 0.438. The van der Waals surface area contributed by atoms with Gasteiger partial charge >= 0.3 is 0 Å². The minimum Gasteiger partial charge on any atom is -0.339 e. The fourth-order valence-corrected chi connectivity index (χ4v) is 3.00. The molecular weight excluding hydrogens is 298 g/mol. The lowest BCUT2D eigenvalue weighted by Gasteiger charge is -2.16. The molecule has 1 aromatic heterocycles. The van der Waals surface area contributed by atoms with E-state index < -0.39 is 0 Å². The average Bonchev–Trinajstić information content (AvgIpc) is 3.14. The van der Waals surface area contributed by atoms with Gasteiger partial charge in [-0.25, -0.2) is 0 Å². The van der Waals surface area contributed by atoms with Gasteiger partial charge in [0.25, 0.3) is 0 Å². The number of carbonyl (C=O) groups is 1. The van der Waals surface area contributed by atoms with Crippen LogP contribution in [0.4, 0.5) is 5.69 Å². The lowest BCUT2D eigenvalue weighted by Crippen LogP contribution is -2.24. The molecule has 1 fully saturated rings. The molecule has 0 aliphatic carbocycles. The topological polar surface area (TPSA) is 59.2 Å². The largest absolute Gasteiger partial charge is 0.339 e. The summed E-state index contributed by atoms with van der Waals surface area (Å²) in [5.74, 6) is 1.58. The highest BCUT2D eigenvalue weighted by molar-refractivity contribution is 7.98. The van der Waals surface area contributed by atoms with E-state index in [1.807, 2.05) is 49.3 Å². The predicted molar refractivity (Wildman–Crippen MR) is 86.3 cm³/mol. The minimum atomic E-state index is -0.0227. The molecule has 0 saturated carbocycles. The molecule has 22 heavy (non-hydrogen) atoms. The predicted octanol–water partition coefficient (Wildman–Crippen LogP) is 3.44. The third-order valence-corrected chi connectivity index (χ3v) is 4.54. The van der Waals surface area contributed by atoms with Crippen LogP contribution in [-0.2, 0) is 4.79 Å². The Morgan fingerprint density at radius 2 is 2.23 bits per heavy atom. The summed E-state index contributed by atoms with van der Waals surface area (Å²) >= 11 is 1.67. The quantitative estimate of drug-likeness (QED) is 0.809. The van der Waals surface area contributed by atoms with Crippen LogP contribution in [0.2, 0.25) is 0 Å². The number of benzene rings is 1. The minimum absolute atomic E-state index is 0.0227. The number of carbonyl (C=O) groups excluding carboxylic acids is 1. The number of hydrogen-bond donors (Lipinski definition) is 0. The molecule has 116 valence electrons. The van der Waals surface area contributed by atoms with E-state index in [2.05, 4.69) is 10.1 Å². The van der Waals surface area contributed by atoms with Gasteiger partial charge in [-0.1, -0.05) is 25.1 Å². The molecule has 0 bridgehead atoms. The maximum atomic E-state index is 12.3. The molecular formula is C16H19N3O2S. The van der Waals surface area contributed by atoms with Crippen molar-refractivity contribution in [1.82, 2.24) is 10.1 Å². The number of aromatic nitrogens is 2. The first-order valence-electron chi connectivity index (χ1n) is 7.36. The van der Waals surface area contributed by atoms with E-state index in [9.17, 15) is 4.79 Å². The molecule has 6 heteroatoms. The van der Waals surface area contributed by atoms with Gasteiger partial charge < -0.3 is 9.42 Å². The summed E-state index contributed by atoms with van der Waals surface area (Å²) in [5.41, 5.74) is 0.933. The Morgan fingerprint density at radius 1 is 1.41 bits per heavy atom. The highest BCUT2D eigenvalue weighted by Gasteiger charge is 2.35. The van der Waals surface area contributed by atoms with Gasteiger partial charge in [0.15, 0.2) is 5.82 Å². The van der Waals surface area contributed by atoms with Crippen molar-refractivity contribution in [3.63, 3.8) is 0 Å². The fourth-order valence-electron chi connectivity index (χ4n) is 2.55. The zero-order valence-corrected chi connectivity index (χ0v) is 13.8. The monoisotopic (exact) mass is 317 g/mol. The highest BCUT2D eigenvalue weighted by atomic mass is 32.2. The van der Waals surface area contributed by atoms with Crippen LogP contribution in [-0.4, -0.2) is 28.8 Å². The maximum Gasteiger partial charge on any atom is 0.232 e. The first kappa shape index (κ1) is 15.1. The van der Waals surface area contributed by atoms with Crippen molar-refractivity contribution in [3.05, 3.63) is 36.0 Å². The molecule has 0 radical (unpaired) electrons. The Bertz CT molecular complexity index is 684. The Labute approximate surface area is 134 Å². The van der Waals surface area contributed by atoms with Crippen molar-refractivity contribution in [3.8, 4) is 0 Å². The molecule has 0 N–H and O–H groups in total. The molecule has 2 aromatic rings. The second-order valence-electron chi connectivity index (χ2n) is 5.75. The molecule has 1 aliphatic rings. The third-order valence-electron chi connectivity index (χ3n) is 3.81. The van der Waals surface area contributed by atoms with Crippen molar-refractivity contribution >= 4 is 23.4 Å². The van der Waals surface area contributed by atoms with Crippen molar-refractivity contribution < 1.29 is 9.32 Å². The summed E-state index contributed by atoms with van der Waals surface area (Å²) in [4.78, 5) is 19.7. The van der Waals surface area contributed by atoms with Crippen LogP contribution in [0.5, 0.6) is 0 Å². The summed E-state index contributed by atoms with van der Waals surface area (Å²) in [7, 11) is 0. The van der Waals surface area contributed by atoms with Crippen LogP contribution in [0.3, 0.4) is 0 Å². The molecule has 3 rings (SSSR count). The summed E-state index contributed by atoms with van der Waals surface area (Å²) in [6, 6.07) is 8.02. The zero-order valence-electron chi connectivity index (χ0n) is 12.9. The first-order chi connectivity index (χ1) is 10.6. The van der Waals surface area contributed by atoms with Gasteiger partial charge in [0.1, 0.15) is 0 Å². The van der Waals surface area contributed by atoms with E-state index >= 15 is 0 Å². The lowest BCUT2D eigenvalue weighted by atomic mass is 10.1. The van der Waals surface area contributed by atoms with Gasteiger partial charge in [-0.05, 0) is 24.5 Å². The first-order valence-corrected chi connectivity index (χ1v) is 8.59. The number of thioether (sulfide) groups is 1. The Hall–Kier alpha value is -1.82. The van der Waals surface area contributed by atoms with Crippen LogP contribution in [0, 0.1) is 0 Å². The van der Waals surface area contributed by atoms with E-state index in [-0.39, 0.29) is 17.7 Å². The number of hydrogen-bond acceptors (Lipinski definition) is 5. The average molecular weight is 317 g/mol. The van der Waals surface area contributed by atoms with Gasteiger partial charge in [-0.2, -0.15) is 4.98 Å². The lowest BCUT2D eigenvalue weighted by molar-refractivity contribution is -0.117. The molecule has 1 saturated heterocycles. The van der Waals surface area contributed by atoms with Crippen LogP contribution in [0.25, 0.3) is 0 Å². The van der Waals surface area contributed by atoms with Gasteiger partial charge in [0.05, 0.1) is 5.92 Å². The molecule has 1 amide bonds. The van der Waals surface area contributed by atoms with Gasteiger partial charge in [0, 0.05) is 29.5 Å². The molecule has 1 aromatic carbocycles. The van der Waals surface area contributed by atoms with Crippen molar-refractivity contribution in [2.75, 3.05) is 17.7 Å². The molecule has 1 aliphatic heterocycles. The summed E-state index contributed by atoms with van der Waals surface area (Å²) in [6.07, 6.45) is 2.45. The Kier molecular flexibility index (Phi) is 4.20. The SMILES string of the molecule is CSc1cccc(N2CC(c3nc(C(C)C)no3)CC2=O)c1. The van der Waals surface area contributed by atoms with E-state index in [4.69, 9.17) is 4.52 Å². The van der Waals surface area contributed by atoms with Crippen LogP contribution in [0.1, 0.15) is 43.8 Å². The molecule has 5 nitrogen and oxygen atoms in total. The Balaban J connectivity index is 1.80. The molecule has 1 atom stereocenters. The van der Waals surface area contributed by atoms with Crippen LogP contribution >= 0.6 is 11.8 Å². The molecule has 0 spiro atoms. The van der Waals surface area contributed by atoms with Crippen molar-refractivity contribution in [2.45, 2.75) is 37.0 Å². The summed E-state index contributed by atoms with van der Waals surface area (Å²) in [6.45, 7) is 4.64. The van der Waals surface area contributed by atoms with Crippen LogP contribution in [0.15, 0.2) is 33.7 Å². The smallest absolute Gasteiger partial charge is 0.232 e. The van der Waals surface area contributed by atoms with Gasteiger partial charge in [0.2, 0.25) is 11.8 Å². The van der Waals surface area contributed by atoms with Crippen LogP contribution < -0.4 is 4.90 Å². The number of anilines is 1. The van der Waals surface area contributed by atoms with Crippen molar-refractivity contribution in [2.24, 2.45) is 0 Å². The number of nitrogens with zero attached hydrogens (tertiary/aromatic N) is 3. The second-order valence-corrected chi connectivity index (χ2v) is 6.63. The second kappa shape index (κ2) is 6.12. The van der Waals surface area contributed by atoms with E-state index in [0.29, 0.717) is 24.7 Å². The zero-order chi connectivity index (χ0) is 15.7. The standard InChI is InChI=1S/C16H19N3O2S/c1-10(2)15-17-16(21-18-15)11-7-14(20)19(9-11)12-5-4-6-13(8-12)22-3/h4-6,8,10-11H,7,9H2,1-3H3. The van der Waals surface area contributed by atoms with Crippen molar-refractivity contribution in [1.29, 1.82) is 0 Å². The maximum absolute atomic E-state index is 12.3. The number of rotatable bonds is 4. The molecule has 2 heterocycles.